The van der Waals surface area contributed by atoms with Crippen molar-refractivity contribution in [3.8, 4) is 11.1 Å². The van der Waals surface area contributed by atoms with Gasteiger partial charge in [0, 0.05) is 16.8 Å². The molecule has 228 valence electrons. The Balaban J connectivity index is 1.77. The zero-order chi connectivity index (χ0) is 31.5. The maximum atomic E-state index is 13.2. The number of esters is 1. The monoisotopic (exact) mass is 614 g/mol. The van der Waals surface area contributed by atoms with Crippen molar-refractivity contribution in [1.82, 2.24) is 5.32 Å². The molecule has 7 nitrogen and oxygen atoms in total. The molecule has 2 N–H and O–H groups in total. The first-order chi connectivity index (χ1) is 19.3. The molecule has 0 aromatic heterocycles. The first kappa shape index (κ1) is 33.6. The van der Waals surface area contributed by atoms with E-state index in [1.54, 1.807) is 38.1 Å². The summed E-state index contributed by atoms with van der Waals surface area (Å²) >= 11 is 6.16. The van der Waals surface area contributed by atoms with Crippen LogP contribution in [0.3, 0.4) is 0 Å². The lowest BCUT2D eigenvalue weighted by Crippen LogP contribution is -2.46. The van der Waals surface area contributed by atoms with Gasteiger partial charge in [-0.1, -0.05) is 48.0 Å². The Hall–Kier alpha value is -2.91. The Morgan fingerprint density at radius 3 is 2.12 bits per heavy atom. The minimum Gasteiger partial charge on any atom is -0.459 e. The minimum absolute atomic E-state index is 0.163. The van der Waals surface area contributed by atoms with Crippen LogP contribution in [-0.4, -0.2) is 38.2 Å². The number of hydrogen-bond acceptors (Lipinski definition) is 6. The summed E-state index contributed by atoms with van der Waals surface area (Å²) in [5.74, 6) is -0.363. The average Bonchev–Trinajstić information content (AvgIpc) is 2.86. The first-order valence-corrected chi connectivity index (χ1v) is 15.8. The molecule has 9 heteroatoms. The van der Waals surface area contributed by atoms with Gasteiger partial charge in [-0.25, -0.2) is 8.42 Å². The summed E-state index contributed by atoms with van der Waals surface area (Å²) in [6, 6.07) is 17.6. The molecule has 2 unspecified atom stereocenters. The molecule has 3 aromatic rings. The molecule has 0 aliphatic rings. The number of halogens is 1. The lowest BCUT2D eigenvalue weighted by molar-refractivity contribution is -0.160. The van der Waals surface area contributed by atoms with E-state index in [0.29, 0.717) is 21.8 Å². The summed E-state index contributed by atoms with van der Waals surface area (Å²) < 4.78 is 40.6. The fourth-order valence-corrected chi connectivity index (χ4v) is 5.85. The lowest BCUT2D eigenvalue weighted by Gasteiger charge is -2.29. The van der Waals surface area contributed by atoms with Crippen LogP contribution in [0.1, 0.15) is 71.2 Å². The van der Waals surface area contributed by atoms with Crippen LogP contribution in [-0.2, 0) is 24.3 Å². The van der Waals surface area contributed by atoms with Gasteiger partial charge in [0.05, 0.1) is 17.1 Å². The SMILES string of the molecule is Cc1cc(S(=O)(=O)Nc2cccc(-c3ccc(C(C)NC(COC(C)(C)C)C(=O)OC(C)(C)C)cc3)c2)c(C)cc1Cl. The third-order valence-electron chi connectivity index (χ3n) is 6.43. The third kappa shape index (κ3) is 9.56. The number of benzene rings is 3. The van der Waals surface area contributed by atoms with Gasteiger partial charge < -0.3 is 9.47 Å². The quantitative estimate of drug-likeness (QED) is 0.228. The van der Waals surface area contributed by atoms with Crippen molar-refractivity contribution in [3.63, 3.8) is 0 Å². The molecule has 0 fully saturated rings. The van der Waals surface area contributed by atoms with E-state index in [9.17, 15) is 13.2 Å². The van der Waals surface area contributed by atoms with Crippen molar-refractivity contribution in [2.45, 2.75) is 90.5 Å². The van der Waals surface area contributed by atoms with Gasteiger partial charge in [-0.15, -0.1) is 0 Å². The van der Waals surface area contributed by atoms with Crippen molar-refractivity contribution in [1.29, 1.82) is 0 Å². The van der Waals surface area contributed by atoms with Crippen LogP contribution < -0.4 is 10.0 Å². The average molecular weight is 615 g/mol. The third-order valence-corrected chi connectivity index (χ3v) is 8.36. The fraction of sp³-hybridized carbons (Fsp3) is 0.424. The van der Waals surface area contributed by atoms with E-state index >= 15 is 0 Å². The molecule has 42 heavy (non-hydrogen) atoms. The number of sulfonamides is 1. The number of aryl methyl sites for hydroxylation is 2. The Labute approximate surface area is 256 Å². The molecule has 0 aliphatic carbocycles. The highest BCUT2D eigenvalue weighted by molar-refractivity contribution is 7.92. The summed E-state index contributed by atoms with van der Waals surface area (Å²) in [5, 5.41) is 3.89. The standard InChI is InChI=1S/C33H43ClN2O5S/c1-21-18-30(22(2)17-28(21)34)42(38,39)36-27-12-10-11-26(19-27)25-15-13-24(14-16-25)23(3)35-29(20-40-32(4,5)6)31(37)41-33(7,8)9/h10-19,23,29,35-36H,20H2,1-9H3. The molecule has 0 saturated carbocycles. The van der Waals surface area contributed by atoms with Gasteiger partial charge in [0.15, 0.2) is 0 Å². The molecule has 0 saturated heterocycles. The highest BCUT2D eigenvalue weighted by Gasteiger charge is 2.28. The number of ether oxygens (including phenoxy) is 2. The first-order valence-electron chi connectivity index (χ1n) is 14.0. The number of rotatable bonds is 10. The smallest absolute Gasteiger partial charge is 0.326 e. The van der Waals surface area contributed by atoms with Gasteiger partial charge in [0.25, 0.3) is 10.0 Å². The molecule has 0 heterocycles. The summed E-state index contributed by atoms with van der Waals surface area (Å²) in [6.45, 7) is 17.0. The Morgan fingerprint density at radius 1 is 0.881 bits per heavy atom. The molecule has 0 radical (unpaired) electrons. The zero-order valence-corrected chi connectivity index (χ0v) is 27.5. The maximum absolute atomic E-state index is 13.2. The Kier molecular flexibility index (Phi) is 10.5. The number of hydrogen-bond donors (Lipinski definition) is 2. The van der Waals surface area contributed by atoms with E-state index in [1.807, 2.05) is 84.9 Å². The second kappa shape index (κ2) is 13.2. The maximum Gasteiger partial charge on any atom is 0.326 e. The molecule has 3 aromatic carbocycles. The molecule has 0 spiro atoms. The molecular formula is C33H43ClN2O5S. The van der Waals surface area contributed by atoms with Crippen molar-refractivity contribution < 1.29 is 22.7 Å². The lowest BCUT2D eigenvalue weighted by atomic mass is 10.0. The van der Waals surface area contributed by atoms with Crippen LogP contribution in [0.2, 0.25) is 5.02 Å². The molecule has 3 rings (SSSR count). The normalized spacial score (nSPS) is 13.9. The van der Waals surface area contributed by atoms with Gasteiger partial charge in [-0.05, 0) is 114 Å². The van der Waals surface area contributed by atoms with Gasteiger partial charge >= 0.3 is 5.97 Å². The summed E-state index contributed by atoms with van der Waals surface area (Å²) in [7, 11) is -3.81. The second-order valence-electron chi connectivity index (χ2n) is 12.6. The van der Waals surface area contributed by atoms with Crippen LogP contribution in [0, 0.1) is 13.8 Å². The van der Waals surface area contributed by atoms with Crippen LogP contribution >= 0.6 is 11.6 Å². The van der Waals surface area contributed by atoms with E-state index in [1.165, 1.54) is 0 Å². The van der Waals surface area contributed by atoms with Gasteiger partial charge in [0.1, 0.15) is 11.6 Å². The van der Waals surface area contributed by atoms with Crippen molar-refractivity contribution in [2.75, 3.05) is 11.3 Å². The molecule has 0 bridgehead atoms. The number of carbonyl (C=O) groups excluding carboxylic acids is 1. The van der Waals surface area contributed by atoms with Crippen molar-refractivity contribution in [2.24, 2.45) is 0 Å². The van der Waals surface area contributed by atoms with Crippen LogP contribution in [0.25, 0.3) is 11.1 Å². The number of nitrogens with one attached hydrogen (secondary N) is 2. The molecule has 0 amide bonds. The fourth-order valence-electron chi connectivity index (χ4n) is 4.27. The minimum atomic E-state index is -3.81. The van der Waals surface area contributed by atoms with Gasteiger partial charge in [-0.3, -0.25) is 14.8 Å². The van der Waals surface area contributed by atoms with E-state index < -0.39 is 27.3 Å². The van der Waals surface area contributed by atoms with E-state index in [-0.39, 0.29) is 23.5 Å². The van der Waals surface area contributed by atoms with E-state index in [2.05, 4.69) is 10.0 Å². The number of carbonyl (C=O) groups is 1. The van der Waals surface area contributed by atoms with E-state index in [4.69, 9.17) is 21.1 Å². The Bertz CT molecular complexity index is 1510. The molecule has 0 aliphatic heterocycles. The van der Waals surface area contributed by atoms with Crippen molar-refractivity contribution in [3.05, 3.63) is 82.4 Å². The summed E-state index contributed by atoms with van der Waals surface area (Å²) in [5.41, 5.74) is 3.47. The highest BCUT2D eigenvalue weighted by atomic mass is 35.5. The topological polar surface area (TPSA) is 93.7 Å². The highest BCUT2D eigenvalue weighted by Crippen LogP contribution is 2.29. The summed E-state index contributed by atoms with van der Waals surface area (Å²) in [6.07, 6.45) is 0. The number of anilines is 1. The van der Waals surface area contributed by atoms with Crippen LogP contribution in [0.4, 0.5) is 5.69 Å². The largest absolute Gasteiger partial charge is 0.459 e. The summed E-state index contributed by atoms with van der Waals surface area (Å²) in [4.78, 5) is 13.1. The predicted molar refractivity (Wildman–Crippen MR) is 171 cm³/mol. The molecular weight excluding hydrogens is 572 g/mol. The van der Waals surface area contributed by atoms with Gasteiger partial charge in [0.2, 0.25) is 0 Å². The van der Waals surface area contributed by atoms with Gasteiger partial charge in [-0.2, -0.15) is 0 Å². The predicted octanol–water partition coefficient (Wildman–Crippen LogP) is 7.60. The molecule has 2 atom stereocenters. The van der Waals surface area contributed by atoms with Crippen LogP contribution in [0.15, 0.2) is 65.6 Å². The zero-order valence-electron chi connectivity index (χ0n) is 26.0. The van der Waals surface area contributed by atoms with E-state index in [0.717, 1.165) is 16.7 Å². The Morgan fingerprint density at radius 2 is 1.52 bits per heavy atom. The second-order valence-corrected chi connectivity index (χ2v) is 14.6. The van der Waals surface area contributed by atoms with Crippen LogP contribution in [0.5, 0.6) is 0 Å². The van der Waals surface area contributed by atoms with Crippen molar-refractivity contribution >= 4 is 33.3 Å².